The number of hydrogen-bond donors (Lipinski definition) is 1. The summed E-state index contributed by atoms with van der Waals surface area (Å²) < 4.78 is 15.4. The lowest BCUT2D eigenvalue weighted by molar-refractivity contribution is -0.109. The third-order valence-corrected chi connectivity index (χ3v) is 2.58. The topological polar surface area (TPSA) is 73.9 Å². The lowest BCUT2D eigenvalue weighted by Gasteiger charge is -2.22. The van der Waals surface area contributed by atoms with Crippen molar-refractivity contribution in [2.24, 2.45) is 0 Å². The van der Waals surface area contributed by atoms with Crippen molar-refractivity contribution in [3.8, 4) is 11.5 Å². The Labute approximate surface area is 124 Å². The van der Waals surface area contributed by atoms with Crippen LogP contribution in [0, 0.1) is 0 Å². The highest BCUT2D eigenvalue weighted by Crippen LogP contribution is 2.28. The van der Waals surface area contributed by atoms with Crippen LogP contribution in [0.3, 0.4) is 0 Å². The van der Waals surface area contributed by atoms with E-state index in [0.717, 1.165) is 0 Å². The Morgan fingerprint density at radius 3 is 2.38 bits per heavy atom. The summed E-state index contributed by atoms with van der Waals surface area (Å²) >= 11 is 0. The number of rotatable bonds is 5. The van der Waals surface area contributed by atoms with E-state index in [4.69, 9.17) is 14.2 Å². The van der Waals surface area contributed by atoms with Gasteiger partial charge in [0.15, 0.2) is 0 Å². The van der Waals surface area contributed by atoms with Crippen LogP contribution in [0.2, 0.25) is 0 Å². The predicted molar refractivity (Wildman–Crippen MR) is 77.7 cm³/mol. The van der Waals surface area contributed by atoms with E-state index in [1.54, 1.807) is 39.0 Å². The molecular weight excluding hydrogens is 274 g/mol. The van der Waals surface area contributed by atoms with E-state index in [1.165, 1.54) is 14.2 Å². The Morgan fingerprint density at radius 2 is 1.90 bits per heavy atom. The number of methoxy groups -OCH3 is 2. The van der Waals surface area contributed by atoms with Gasteiger partial charge in [-0.2, -0.15) is 0 Å². The molecule has 1 unspecified atom stereocenters. The fourth-order valence-electron chi connectivity index (χ4n) is 1.69. The highest BCUT2D eigenvalue weighted by atomic mass is 16.6. The smallest absolute Gasteiger partial charge is 0.408 e. The normalized spacial score (nSPS) is 12.2. The van der Waals surface area contributed by atoms with Crippen molar-refractivity contribution in [3.05, 3.63) is 23.8 Å². The zero-order chi connectivity index (χ0) is 16.0. The lowest BCUT2D eigenvalue weighted by atomic mass is 10.1. The summed E-state index contributed by atoms with van der Waals surface area (Å²) in [5.41, 5.74) is -0.110. The van der Waals surface area contributed by atoms with Crippen LogP contribution in [0.4, 0.5) is 4.79 Å². The number of ether oxygens (including phenoxy) is 3. The highest BCUT2D eigenvalue weighted by molar-refractivity contribution is 5.75. The van der Waals surface area contributed by atoms with Crippen LogP contribution in [-0.2, 0) is 9.53 Å². The Bertz CT molecular complexity index is 507. The molecule has 116 valence electrons. The number of amides is 1. The molecule has 6 nitrogen and oxygen atoms in total. The van der Waals surface area contributed by atoms with Gasteiger partial charge in [-0.15, -0.1) is 0 Å². The van der Waals surface area contributed by atoms with E-state index in [0.29, 0.717) is 23.3 Å². The second-order valence-electron chi connectivity index (χ2n) is 5.37. The van der Waals surface area contributed by atoms with Crippen LogP contribution in [0.5, 0.6) is 11.5 Å². The molecule has 0 heterocycles. The Morgan fingerprint density at radius 1 is 1.24 bits per heavy atom. The maximum atomic E-state index is 11.8. The molecule has 1 N–H and O–H groups in total. The number of nitrogens with one attached hydrogen (secondary N) is 1. The standard InChI is InChI=1S/C15H21NO5/c1-15(2,3)21-14(18)16-12(9-17)11-7-6-10(19-4)8-13(11)20-5/h6-9,12H,1-5H3,(H,16,18). The van der Waals surface area contributed by atoms with Crippen molar-refractivity contribution < 1.29 is 23.8 Å². The summed E-state index contributed by atoms with van der Waals surface area (Å²) in [6.45, 7) is 5.24. The van der Waals surface area contributed by atoms with Crippen LogP contribution in [0.25, 0.3) is 0 Å². The molecule has 1 amide bonds. The van der Waals surface area contributed by atoms with E-state index < -0.39 is 17.7 Å². The minimum Gasteiger partial charge on any atom is -0.497 e. The first-order chi connectivity index (χ1) is 9.80. The van der Waals surface area contributed by atoms with Crippen LogP contribution < -0.4 is 14.8 Å². The molecule has 1 atom stereocenters. The van der Waals surface area contributed by atoms with Gasteiger partial charge in [0.2, 0.25) is 0 Å². The molecule has 21 heavy (non-hydrogen) atoms. The first kappa shape index (κ1) is 16.8. The van der Waals surface area contributed by atoms with Crippen molar-refractivity contribution in [2.45, 2.75) is 32.4 Å². The molecule has 0 saturated carbocycles. The molecule has 1 aromatic rings. The van der Waals surface area contributed by atoms with Gasteiger partial charge in [-0.1, -0.05) is 0 Å². The average molecular weight is 295 g/mol. The summed E-state index contributed by atoms with van der Waals surface area (Å²) in [6.07, 6.45) is -0.0497. The number of benzene rings is 1. The largest absolute Gasteiger partial charge is 0.497 e. The van der Waals surface area contributed by atoms with E-state index in [2.05, 4.69) is 5.32 Å². The van der Waals surface area contributed by atoms with Crippen molar-refractivity contribution in [3.63, 3.8) is 0 Å². The summed E-state index contributed by atoms with van der Waals surface area (Å²) in [6, 6.07) is 4.13. The molecule has 6 heteroatoms. The van der Waals surface area contributed by atoms with E-state index in [-0.39, 0.29) is 0 Å². The molecule has 0 saturated heterocycles. The summed E-state index contributed by atoms with van der Waals surface area (Å²) in [5, 5.41) is 2.50. The number of carbonyl (C=O) groups is 2. The van der Waals surface area contributed by atoms with Gasteiger partial charge < -0.3 is 24.3 Å². The van der Waals surface area contributed by atoms with Gasteiger partial charge in [0.25, 0.3) is 0 Å². The van der Waals surface area contributed by atoms with Gasteiger partial charge in [0, 0.05) is 11.6 Å². The summed E-state index contributed by atoms with van der Waals surface area (Å²) in [5.74, 6) is 1.04. The number of carbonyl (C=O) groups excluding carboxylic acids is 2. The molecule has 1 rings (SSSR count). The maximum absolute atomic E-state index is 11.8. The first-order valence-corrected chi connectivity index (χ1v) is 6.47. The minimum absolute atomic E-state index is 0.447. The Kier molecular flexibility index (Phi) is 5.58. The predicted octanol–water partition coefficient (Wildman–Crippen LogP) is 2.47. The fourth-order valence-corrected chi connectivity index (χ4v) is 1.69. The quantitative estimate of drug-likeness (QED) is 0.845. The number of aldehydes is 1. The lowest BCUT2D eigenvalue weighted by Crippen LogP contribution is -2.35. The van der Waals surface area contributed by atoms with Crippen LogP contribution in [0.15, 0.2) is 18.2 Å². The molecule has 0 bridgehead atoms. The van der Waals surface area contributed by atoms with Gasteiger partial charge in [0.1, 0.15) is 29.4 Å². The zero-order valence-corrected chi connectivity index (χ0v) is 12.9. The van der Waals surface area contributed by atoms with Crippen molar-refractivity contribution in [1.82, 2.24) is 5.32 Å². The maximum Gasteiger partial charge on any atom is 0.408 e. The summed E-state index contributed by atoms with van der Waals surface area (Å²) in [7, 11) is 3.01. The average Bonchev–Trinajstić information content (AvgIpc) is 2.42. The first-order valence-electron chi connectivity index (χ1n) is 6.47. The molecule has 0 aromatic heterocycles. The fraction of sp³-hybridized carbons (Fsp3) is 0.467. The second kappa shape index (κ2) is 6.97. The highest BCUT2D eigenvalue weighted by Gasteiger charge is 2.22. The van der Waals surface area contributed by atoms with Crippen molar-refractivity contribution in [1.29, 1.82) is 0 Å². The zero-order valence-electron chi connectivity index (χ0n) is 12.9. The van der Waals surface area contributed by atoms with E-state index >= 15 is 0 Å². The van der Waals surface area contributed by atoms with Crippen LogP contribution in [0.1, 0.15) is 32.4 Å². The second-order valence-corrected chi connectivity index (χ2v) is 5.37. The molecule has 1 aromatic carbocycles. The third kappa shape index (κ3) is 4.98. The SMILES string of the molecule is COc1ccc(C(C=O)NC(=O)OC(C)(C)C)c(OC)c1. The molecular formula is C15H21NO5. The Balaban J connectivity index is 2.95. The van der Waals surface area contributed by atoms with E-state index in [9.17, 15) is 9.59 Å². The van der Waals surface area contributed by atoms with Crippen LogP contribution >= 0.6 is 0 Å². The minimum atomic E-state index is -0.860. The van der Waals surface area contributed by atoms with Gasteiger partial charge in [-0.3, -0.25) is 0 Å². The monoisotopic (exact) mass is 295 g/mol. The number of alkyl carbamates (subject to hydrolysis) is 1. The summed E-state index contributed by atoms with van der Waals surface area (Å²) in [4.78, 5) is 23.0. The molecule has 0 fully saturated rings. The van der Waals surface area contributed by atoms with E-state index in [1.807, 2.05) is 0 Å². The number of hydrogen-bond acceptors (Lipinski definition) is 5. The van der Waals surface area contributed by atoms with Gasteiger partial charge in [-0.05, 0) is 32.9 Å². The van der Waals surface area contributed by atoms with Crippen molar-refractivity contribution >= 4 is 12.4 Å². The molecule has 0 radical (unpaired) electrons. The molecule has 0 aliphatic carbocycles. The van der Waals surface area contributed by atoms with Crippen LogP contribution in [-0.4, -0.2) is 32.2 Å². The van der Waals surface area contributed by atoms with Gasteiger partial charge >= 0.3 is 6.09 Å². The van der Waals surface area contributed by atoms with Gasteiger partial charge in [0.05, 0.1) is 14.2 Å². The molecule has 0 aliphatic heterocycles. The van der Waals surface area contributed by atoms with Gasteiger partial charge in [-0.25, -0.2) is 4.79 Å². The van der Waals surface area contributed by atoms with Crippen molar-refractivity contribution in [2.75, 3.05) is 14.2 Å². The Hall–Kier alpha value is -2.24. The third-order valence-electron chi connectivity index (χ3n) is 2.58. The molecule has 0 spiro atoms. The molecule has 0 aliphatic rings.